The number of fused-ring (bicyclic) bond motifs is 1. The van der Waals surface area contributed by atoms with Crippen molar-refractivity contribution in [3.05, 3.63) is 23.7 Å². The van der Waals surface area contributed by atoms with Crippen molar-refractivity contribution >= 4 is 17.1 Å². The highest BCUT2D eigenvalue weighted by Crippen LogP contribution is 2.15. The van der Waals surface area contributed by atoms with Gasteiger partial charge in [-0.1, -0.05) is 13.8 Å². The van der Waals surface area contributed by atoms with Crippen molar-refractivity contribution < 1.29 is 9.90 Å². The van der Waals surface area contributed by atoms with Crippen molar-refractivity contribution in [2.45, 2.75) is 19.8 Å². The average molecular weight is 205 g/mol. The molecule has 0 aliphatic heterocycles. The van der Waals surface area contributed by atoms with Crippen molar-refractivity contribution in [2.24, 2.45) is 0 Å². The standard InChI is InChI=1S/C10H11N3O2/c1-5(2)8-11-6-3-4-7(10(14)15)12-9(6)13-8/h3-5H,1-2H3,(H,14,15)(H,11,12,13). The number of rotatable bonds is 2. The van der Waals surface area contributed by atoms with Crippen LogP contribution in [0.15, 0.2) is 12.1 Å². The molecule has 0 atom stereocenters. The molecule has 0 saturated carbocycles. The van der Waals surface area contributed by atoms with E-state index < -0.39 is 5.97 Å². The van der Waals surface area contributed by atoms with Crippen LogP contribution in [0.25, 0.3) is 11.2 Å². The van der Waals surface area contributed by atoms with Crippen molar-refractivity contribution in [3.8, 4) is 0 Å². The molecule has 0 radical (unpaired) electrons. The molecule has 0 bridgehead atoms. The minimum Gasteiger partial charge on any atom is -0.477 e. The van der Waals surface area contributed by atoms with Gasteiger partial charge < -0.3 is 10.1 Å². The molecule has 2 rings (SSSR count). The zero-order valence-electron chi connectivity index (χ0n) is 8.48. The largest absolute Gasteiger partial charge is 0.477 e. The third-order valence-corrected chi connectivity index (χ3v) is 2.13. The zero-order valence-corrected chi connectivity index (χ0v) is 8.48. The summed E-state index contributed by atoms with van der Waals surface area (Å²) in [5, 5.41) is 8.76. The molecule has 2 N–H and O–H groups in total. The van der Waals surface area contributed by atoms with Crippen molar-refractivity contribution in [3.63, 3.8) is 0 Å². The summed E-state index contributed by atoms with van der Waals surface area (Å²) in [5.41, 5.74) is 1.24. The first-order valence-electron chi connectivity index (χ1n) is 4.68. The van der Waals surface area contributed by atoms with E-state index in [1.807, 2.05) is 13.8 Å². The van der Waals surface area contributed by atoms with Gasteiger partial charge in [-0.05, 0) is 12.1 Å². The fraction of sp³-hybridized carbons (Fsp3) is 0.300. The van der Waals surface area contributed by atoms with Gasteiger partial charge in [0.1, 0.15) is 5.82 Å². The first-order chi connectivity index (χ1) is 7.08. The molecule has 0 unspecified atom stereocenters. The first-order valence-corrected chi connectivity index (χ1v) is 4.68. The number of imidazole rings is 1. The quantitative estimate of drug-likeness (QED) is 0.783. The highest BCUT2D eigenvalue weighted by molar-refractivity contribution is 5.88. The molecule has 0 saturated heterocycles. The Balaban J connectivity index is 2.57. The maximum Gasteiger partial charge on any atom is 0.354 e. The van der Waals surface area contributed by atoms with E-state index in [9.17, 15) is 4.79 Å². The van der Waals surface area contributed by atoms with Crippen LogP contribution >= 0.6 is 0 Å². The van der Waals surface area contributed by atoms with Crippen LogP contribution in [0, 0.1) is 0 Å². The van der Waals surface area contributed by atoms with E-state index in [1.165, 1.54) is 6.07 Å². The smallest absolute Gasteiger partial charge is 0.354 e. The minimum atomic E-state index is -1.04. The Kier molecular flexibility index (Phi) is 2.15. The molecule has 15 heavy (non-hydrogen) atoms. The van der Waals surface area contributed by atoms with E-state index in [-0.39, 0.29) is 11.6 Å². The number of hydrogen-bond donors (Lipinski definition) is 2. The van der Waals surface area contributed by atoms with Gasteiger partial charge in [-0.3, -0.25) is 0 Å². The van der Waals surface area contributed by atoms with Crippen LogP contribution in [0.3, 0.4) is 0 Å². The Morgan fingerprint density at radius 3 is 2.73 bits per heavy atom. The van der Waals surface area contributed by atoms with Crippen molar-refractivity contribution in [1.82, 2.24) is 15.0 Å². The summed E-state index contributed by atoms with van der Waals surface area (Å²) < 4.78 is 0. The second-order valence-corrected chi connectivity index (χ2v) is 3.65. The molecule has 5 heteroatoms. The molecule has 0 aliphatic rings. The number of carbonyl (C=O) groups is 1. The number of nitrogens with zero attached hydrogens (tertiary/aromatic N) is 2. The number of aromatic amines is 1. The number of hydrogen-bond acceptors (Lipinski definition) is 3. The third-order valence-electron chi connectivity index (χ3n) is 2.13. The molecule has 0 spiro atoms. The van der Waals surface area contributed by atoms with Crippen LogP contribution in [0.5, 0.6) is 0 Å². The van der Waals surface area contributed by atoms with Gasteiger partial charge in [-0.25, -0.2) is 14.8 Å². The summed E-state index contributed by atoms with van der Waals surface area (Å²) in [6.45, 7) is 4.02. The lowest BCUT2D eigenvalue weighted by Crippen LogP contribution is -1.99. The van der Waals surface area contributed by atoms with Gasteiger partial charge in [0.15, 0.2) is 11.3 Å². The van der Waals surface area contributed by atoms with Crippen LogP contribution < -0.4 is 0 Å². The zero-order chi connectivity index (χ0) is 11.0. The highest BCUT2D eigenvalue weighted by Gasteiger charge is 2.10. The SMILES string of the molecule is CC(C)c1nc2nc(C(=O)O)ccc2[nH]1. The van der Waals surface area contributed by atoms with Crippen LogP contribution in [0.4, 0.5) is 0 Å². The van der Waals surface area contributed by atoms with Crippen LogP contribution in [0.1, 0.15) is 36.1 Å². The maximum absolute atomic E-state index is 10.7. The molecule has 2 aromatic rings. The van der Waals surface area contributed by atoms with Gasteiger partial charge >= 0.3 is 5.97 Å². The number of nitrogens with one attached hydrogen (secondary N) is 1. The summed E-state index contributed by atoms with van der Waals surface area (Å²) in [6.07, 6.45) is 0. The average Bonchev–Trinajstić information content (AvgIpc) is 2.59. The van der Waals surface area contributed by atoms with Crippen molar-refractivity contribution in [2.75, 3.05) is 0 Å². The predicted octanol–water partition coefficient (Wildman–Crippen LogP) is 1.78. The minimum absolute atomic E-state index is 0.0179. The van der Waals surface area contributed by atoms with Crippen LogP contribution in [-0.4, -0.2) is 26.0 Å². The van der Waals surface area contributed by atoms with E-state index >= 15 is 0 Å². The summed E-state index contributed by atoms with van der Waals surface area (Å²) in [5.74, 6) is 0.0542. The van der Waals surface area contributed by atoms with Gasteiger partial charge in [-0.15, -0.1) is 0 Å². The van der Waals surface area contributed by atoms with Crippen molar-refractivity contribution in [1.29, 1.82) is 0 Å². The second kappa shape index (κ2) is 3.34. The monoisotopic (exact) mass is 205 g/mol. The molecular formula is C10H11N3O2. The number of carboxylic acid groups (broad SMARTS) is 1. The fourth-order valence-corrected chi connectivity index (χ4v) is 1.30. The fourth-order valence-electron chi connectivity index (χ4n) is 1.30. The second-order valence-electron chi connectivity index (χ2n) is 3.65. The number of carboxylic acids is 1. The van der Waals surface area contributed by atoms with Gasteiger partial charge in [0.25, 0.3) is 0 Å². The molecule has 78 valence electrons. The number of aromatic nitrogens is 3. The summed E-state index contributed by atoms with van der Waals surface area (Å²) in [6, 6.07) is 3.15. The topological polar surface area (TPSA) is 78.9 Å². The van der Waals surface area contributed by atoms with E-state index in [0.717, 1.165) is 11.3 Å². The van der Waals surface area contributed by atoms with Gasteiger partial charge in [0.05, 0.1) is 5.52 Å². The summed E-state index contributed by atoms with van der Waals surface area (Å²) in [4.78, 5) is 21.9. The Hall–Kier alpha value is -1.91. The van der Waals surface area contributed by atoms with E-state index in [1.54, 1.807) is 6.07 Å². The molecule has 2 aromatic heterocycles. The third kappa shape index (κ3) is 1.68. The Morgan fingerprint density at radius 2 is 2.13 bits per heavy atom. The molecule has 0 amide bonds. The normalized spacial score (nSPS) is 11.1. The van der Waals surface area contributed by atoms with E-state index in [0.29, 0.717) is 5.65 Å². The number of H-pyrrole nitrogens is 1. The number of pyridine rings is 1. The lowest BCUT2D eigenvalue weighted by atomic mass is 10.2. The maximum atomic E-state index is 10.7. The highest BCUT2D eigenvalue weighted by atomic mass is 16.4. The number of aromatic carboxylic acids is 1. The van der Waals surface area contributed by atoms with Gasteiger partial charge in [0.2, 0.25) is 0 Å². The van der Waals surface area contributed by atoms with Gasteiger partial charge in [-0.2, -0.15) is 0 Å². The van der Waals surface area contributed by atoms with Crippen LogP contribution in [-0.2, 0) is 0 Å². The molecule has 0 fully saturated rings. The Morgan fingerprint density at radius 1 is 1.40 bits per heavy atom. The van der Waals surface area contributed by atoms with E-state index in [2.05, 4.69) is 15.0 Å². The lowest BCUT2D eigenvalue weighted by molar-refractivity contribution is 0.0691. The Labute approximate surface area is 86.2 Å². The summed E-state index contributed by atoms with van der Waals surface area (Å²) >= 11 is 0. The molecule has 0 aliphatic carbocycles. The van der Waals surface area contributed by atoms with Crippen LogP contribution in [0.2, 0.25) is 0 Å². The lowest BCUT2D eigenvalue weighted by Gasteiger charge is -1.95. The molecule has 2 heterocycles. The van der Waals surface area contributed by atoms with Gasteiger partial charge in [0, 0.05) is 5.92 Å². The molecule has 0 aromatic carbocycles. The first kappa shape index (κ1) is 9.64. The predicted molar refractivity (Wildman–Crippen MR) is 54.9 cm³/mol. The summed E-state index contributed by atoms with van der Waals surface area (Å²) in [7, 11) is 0. The molecular weight excluding hydrogens is 194 g/mol. The van der Waals surface area contributed by atoms with E-state index in [4.69, 9.17) is 5.11 Å². The molecule has 5 nitrogen and oxygen atoms in total. The Bertz CT molecular complexity index is 516.